The van der Waals surface area contributed by atoms with Crippen LogP contribution in [0.5, 0.6) is 11.5 Å². The van der Waals surface area contributed by atoms with E-state index in [2.05, 4.69) is 25.8 Å². The molecule has 0 unspecified atom stereocenters. The van der Waals surface area contributed by atoms with Crippen LogP contribution in [0.15, 0.2) is 18.3 Å². The summed E-state index contributed by atoms with van der Waals surface area (Å²) >= 11 is 6.08. The lowest BCUT2D eigenvalue weighted by Crippen LogP contribution is -2.10. The first kappa shape index (κ1) is 17.0. The smallest absolute Gasteiger partial charge is 0.249 e. The molecule has 0 radical (unpaired) electrons. The van der Waals surface area contributed by atoms with E-state index in [0.29, 0.717) is 47.1 Å². The van der Waals surface area contributed by atoms with E-state index in [1.54, 1.807) is 26.4 Å². The van der Waals surface area contributed by atoms with Crippen LogP contribution in [0.3, 0.4) is 0 Å². The topological polar surface area (TPSA) is 90.4 Å². The molecule has 124 valence electrons. The zero-order chi connectivity index (χ0) is 16.7. The number of methoxy groups -OCH3 is 3. The van der Waals surface area contributed by atoms with Crippen LogP contribution in [0.1, 0.15) is 0 Å². The third-order valence-electron chi connectivity index (χ3n) is 2.89. The van der Waals surface area contributed by atoms with Gasteiger partial charge in [-0.3, -0.25) is 0 Å². The molecular weight excluding hydrogens is 322 g/mol. The molecule has 0 amide bonds. The SMILES string of the molecule is COCCNc1cnnc(Nc2cc(OC)c(Cl)cc2OC)n1. The lowest BCUT2D eigenvalue weighted by molar-refractivity contribution is 0.210. The predicted octanol–water partition coefficient (Wildman–Crippen LogP) is 2.34. The summed E-state index contributed by atoms with van der Waals surface area (Å²) in [6.07, 6.45) is 1.53. The van der Waals surface area contributed by atoms with Crippen LogP contribution in [-0.2, 0) is 4.74 Å². The molecule has 9 heteroatoms. The molecule has 0 saturated heterocycles. The van der Waals surface area contributed by atoms with Crippen LogP contribution in [0, 0.1) is 0 Å². The van der Waals surface area contributed by atoms with E-state index in [9.17, 15) is 0 Å². The van der Waals surface area contributed by atoms with Gasteiger partial charge in [-0.2, -0.15) is 10.1 Å². The first-order valence-electron chi connectivity index (χ1n) is 6.79. The van der Waals surface area contributed by atoms with Crippen LogP contribution in [-0.4, -0.2) is 49.7 Å². The molecule has 2 N–H and O–H groups in total. The first-order valence-corrected chi connectivity index (χ1v) is 7.16. The Labute approximate surface area is 139 Å². The molecule has 0 spiro atoms. The van der Waals surface area contributed by atoms with Crippen molar-refractivity contribution in [2.75, 3.05) is 45.1 Å². The van der Waals surface area contributed by atoms with Gasteiger partial charge in [0.2, 0.25) is 5.95 Å². The summed E-state index contributed by atoms with van der Waals surface area (Å²) in [5.41, 5.74) is 0.615. The number of hydrogen-bond donors (Lipinski definition) is 2. The van der Waals surface area contributed by atoms with Crippen LogP contribution in [0.2, 0.25) is 5.02 Å². The lowest BCUT2D eigenvalue weighted by atomic mass is 10.2. The quantitative estimate of drug-likeness (QED) is 0.708. The van der Waals surface area contributed by atoms with Gasteiger partial charge in [0.25, 0.3) is 0 Å². The van der Waals surface area contributed by atoms with E-state index in [0.717, 1.165) is 0 Å². The molecule has 2 rings (SSSR count). The summed E-state index contributed by atoms with van der Waals surface area (Å²) in [5, 5.41) is 14.4. The average Bonchev–Trinajstić information content (AvgIpc) is 2.56. The third-order valence-corrected chi connectivity index (χ3v) is 3.19. The standard InChI is InChI=1S/C14H18ClN5O3/c1-21-5-4-16-13-8-17-20-14(19-13)18-10-7-11(22-2)9(15)6-12(10)23-3/h6-8H,4-5H2,1-3H3,(H2,16,18,19,20). The second-order valence-electron chi connectivity index (χ2n) is 4.40. The third kappa shape index (κ3) is 4.57. The molecule has 1 aromatic carbocycles. The fourth-order valence-corrected chi connectivity index (χ4v) is 2.03. The van der Waals surface area contributed by atoms with Gasteiger partial charge in [0, 0.05) is 25.8 Å². The summed E-state index contributed by atoms with van der Waals surface area (Å²) < 4.78 is 15.5. The van der Waals surface area contributed by atoms with Gasteiger partial charge in [-0.25, -0.2) is 0 Å². The van der Waals surface area contributed by atoms with Crippen molar-refractivity contribution >= 4 is 29.1 Å². The Bertz CT molecular complexity index is 656. The molecule has 0 bridgehead atoms. The van der Waals surface area contributed by atoms with Crippen molar-refractivity contribution in [3.05, 3.63) is 23.4 Å². The fourth-order valence-electron chi connectivity index (χ4n) is 1.80. The van der Waals surface area contributed by atoms with Gasteiger partial charge in [0.1, 0.15) is 11.5 Å². The predicted molar refractivity (Wildman–Crippen MR) is 88.0 cm³/mol. The summed E-state index contributed by atoms with van der Waals surface area (Å²) in [6, 6.07) is 3.35. The van der Waals surface area contributed by atoms with Crippen molar-refractivity contribution in [1.82, 2.24) is 15.2 Å². The largest absolute Gasteiger partial charge is 0.495 e. The number of anilines is 3. The number of nitrogens with zero attached hydrogens (tertiary/aromatic N) is 3. The number of halogens is 1. The van der Waals surface area contributed by atoms with Crippen LogP contribution in [0.4, 0.5) is 17.5 Å². The highest BCUT2D eigenvalue weighted by molar-refractivity contribution is 6.32. The van der Waals surface area contributed by atoms with Crippen molar-refractivity contribution in [1.29, 1.82) is 0 Å². The summed E-state index contributed by atoms with van der Waals surface area (Å²) in [7, 11) is 4.72. The van der Waals surface area contributed by atoms with E-state index >= 15 is 0 Å². The second kappa shape index (κ2) is 8.35. The highest BCUT2D eigenvalue weighted by Gasteiger charge is 2.11. The Morgan fingerprint density at radius 2 is 1.91 bits per heavy atom. The van der Waals surface area contributed by atoms with E-state index < -0.39 is 0 Å². The molecule has 23 heavy (non-hydrogen) atoms. The number of rotatable bonds is 8. The van der Waals surface area contributed by atoms with E-state index in [1.165, 1.54) is 13.3 Å². The number of ether oxygens (including phenoxy) is 3. The van der Waals surface area contributed by atoms with Gasteiger partial charge in [-0.1, -0.05) is 11.6 Å². The molecule has 2 aromatic rings. The highest BCUT2D eigenvalue weighted by Crippen LogP contribution is 2.36. The van der Waals surface area contributed by atoms with Gasteiger partial charge >= 0.3 is 0 Å². The molecule has 8 nitrogen and oxygen atoms in total. The van der Waals surface area contributed by atoms with Crippen molar-refractivity contribution in [2.45, 2.75) is 0 Å². The van der Waals surface area contributed by atoms with E-state index in [4.69, 9.17) is 25.8 Å². The van der Waals surface area contributed by atoms with Crippen molar-refractivity contribution < 1.29 is 14.2 Å². The Kier molecular flexibility index (Phi) is 6.19. The molecule has 0 fully saturated rings. The maximum absolute atomic E-state index is 6.08. The van der Waals surface area contributed by atoms with Crippen LogP contribution in [0.25, 0.3) is 0 Å². The summed E-state index contributed by atoms with van der Waals surface area (Å²) in [6.45, 7) is 1.18. The van der Waals surface area contributed by atoms with Crippen LogP contribution >= 0.6 is 11.6 Å². The van der Waals surface area contributed by atoms with Crippen molar-refractivity contribution in [3.8, 4) is 11.5 Å². The van der Waals surface area contributed by atoms with Gasteiger partial charge in [-0.05, 0) is 0 Å². The van der Waals surface area contributed by atoms with Crippen molar-refractivity contribution in [3.63, 3.8) is 0 Å². The van der Waals surface area contributed by atoms with Crippen molar-refractivity contribution in [2.24, 2.45) is 0 Å². The van der Waals surface area contributed by atoms with Gasteiger partial charge in [-0.15, -0.1) is 5.10 Å². The maximum Gasteiger partial charge on any atom is 0.249 e. The molecule has 1 aromatic heterocycles. The zero-order valence-corrected chi connectivity index (χ0v) is 13.8. The Hall–Kier alpha value is -2.32. The summed E-state index contributed by atoms with van der Waals surface area (Å²) in [4.78, 5) is 4.31. The molecular formula is C14H18ClN5O3. The molecule has 0 aliphatic rings. The summed E-state index contributed by atoms with van der Waals surface area (Å²) in [5.74, 6) is 1.95. The molecule has 0 aliphatic heterocycles. The molecule has 0 aliphatic carbocycles. The van der Waals surface area contributed by atoms with Gasteiger partial charge < -0.3 is 24.8 Å². The lowest BCUT2D eigenvalue weighted by Gasteiger charge is -2.13. The Morgan fingerprint density at radius 1 is 1.13 bits per heavy atom. The zero-order valence-electron chi connectivity index (χ0n) is 13.1. The minimum absolute atomic E-state index is 0.315. The Balaban J connectivity index is 2.19. The minimum atomic E-state index is 0.315. The second-order valence-corrected chi connectivity index (χ2v) is 4.80. The maximum atomic E-state index is 6.08. The molecule has 0 atom stereocenters. The number of benzene rings is 1. The first-order chi connectivity index (χ1) is 11.2. The number of nitrogens with one attached hydrogen (secondary N) is 2. The van der Waals surface area contributed by atoms with Gasteiger partial charge in [0.15, 0.2) is 5.82 Å². The number of aromatic nitrogens is 3. The molecule has 0 saturated carbocycles. The van der Waals surface area contributed by atoms with Crippen LogP contribution < -0.4 is 20.1 Å². The van der Waals surface area contributed by atoms with Gasteiger partial charge in [0.05, 0.1) is 37.7 Å². The number of hydrogen-bond acceptors (Lipinski definition) is 8. The van der Waals surface area contributed by atoms with E-state index in [-0.39, 0.29) is 0 Å². The van der Waals surface area contributed by atoms with E-state index in [1.807, 2.05) is 0 Å². The monoisotopic (exact) mass is 339 g/mol. The minimum Gasteiger partial charge on any atom is -0.495 e. The Morgan fingerprint density at radius 3 is 2.61 bits per heavy atom. The molecule has 1 heterocycles. The normalized spacial score (nSPS) is 10.3. The average molecular weight is 340 g/mol. The fraction of sp³-hybridized carbons (Fsp3) is 0.357. The highest BCUT2D eigenvalue weighted by atomic mass is 35.5.